The minimum Gasteiger partial charge on any atom is -0.465 e. The summed E-state index contributed by atoms with van der Waals surface area (Å²) in [5.74, 6) is -3.22. The van der Waals surface area contributed by atoms with Crippen LogP contribution in [-0.4, -0.2) is 42.9 Å². The van der Waals surface area contributed by atoms with E-state index in [1.54, 1.807) is 0 Å². The van der Waals surface area contributed by atoms with E-state index < -0.39 is 35.4 Å². The van der Waals surface area contributed by atoms with E-state index in [0.29, 0.717) is 30.2 Å². The summed E-state index contributed by atoms with van der Waals surface area (Å²) in [6, 6.07) is 8.81. The molecule has 0 aliphatic carbocycles. The Morgan fingerprint density at radius 3 is 2.24 bits per heavy atom. The zero-order valence-corrected chi connectivity index (χ0v) is 15.7. The number of halogens is 2. The van der Waals surface area contributed by atoms with Crippen molar-refractivity contribution >= 4 is 17.8 Å². The molecule has 2 aromatic rings. The number of hydrogen-bond donors (Lipinski definition) is 0. The van der Waals surface area contributed by atoms with Crippen molar-refractivity contribution in [3.63, 3.8) is 0 Å². The van der Waals surface area contributed by atoms with Crippen molar-refractivity contribution in [2.24, 2.45) is 5.92 Å². The molecule has 0 atom stereocenters. The van der Waals surface area contributed by atoms with Gasteiger partial charge in [-0.05, 0) is 49.2 Å². The van der Waals surface area contributed by atoms with Gasteiger partial charge >= 0.3 is 11.9 Å². The molecule has 0 saturated carbocycles. The molecule has 29 heavy (non-hydrogen) atoms. The van der Waals surface area contributed by atoms with Crippen LogP contribution in [0.2, 0.25) is 0 Å². The SMILES string of the molecule is COC(=O)c1ccc(OC(=O)C2CCN(C(=O)c3ccc(F)cc3F)CC2)cc1. The summed E-state index contributed by atoms with van der Waals surface area (Å²) in [7, 11) is 1.28. The molecule has 1 fully saturated rings. The lowest BCUT2D eigenvalue weighted by atomic mass is 9.96. The van der Waals surface area contributed by atoms with Gasteiger partial charge in [-0.2, -0.15) is 0 Å². The van der Waals surface area contributed by atoms with Crippen molar-refractivity contribution in [2.75, 3.05) is 20.2 Å². The van der Waals surface area contributed by atoms with E-state index >= 15 is 0 Å². The molecule has 1 saturated heterocycles. The number of carbonyl (C=O) groups is 3. The molecule has 8 heteroatoms. The summed E-state index contributed by atoms with van der Waals surface area (Å²) in [5.41, 5.74) is 0.144. The van der Waals surface area contributed by atoms with Gasteiger partial charge in [0, 0.05) is 19.2 Å². The third-order valence-electron chi connectivity index (χ3n) is 4.77. The minimum atomic E-state index is -0.910. The Morgan fingerprint density at radius 1 is 1.00 bits per heavy atom. The van der Waals surface area contributed by atoms with Crippen molar-refractivity contribution in [2.45, 2.75) is 12.8 Å². The van der Waals surface area contributed by atoms with E-state index in [2.05, 4.69) is 4.74 Å². The van der Waals surface area contributed by atoms with E-state index in [0.717, 1.165) is 12.1 Å². The molecular formula is C21H19F2NO5. The Bertz CT molecular complexity index is 921. The number of hydrogen-bond acceptors (Lipinski definition) is 5. The Hall–Kier alpha value is -3.29. The molecule has 0 bridgehead atoms. The van der Waals surface area contributed by atoms with E-state index in [9.17, 15) is 23.2 Å². The second kappa shape index (κ2) is 8.81. The first-order chi connectivity index (χ1) is 13.9. The van der Waals surface area contributed by atoms with Crippen LogP contribution in [0.3, 0.4) is 0 Å². The molecule has 3 rings (SSSR count). The predicted octanol–water partition coefficient (Wildman–Crippen LogP) is 3.21. The van der Waals surface area contributed by atoms with E-state index in [1.807, 2.05) is 0 Å². The number of piperidine rings is 1. The summed E-state index contributed by atoms with van der Waals surface area (Å²) in [5, 5.41) is 0. The van der Waals surface area contributed by atoms with Crippen LogP contribution >= 0.6 is 0 Å². The van der Waals surface area contributed by atoms with Crippen LogP contribution in [0.1, 0.15) is 33.6 Å². The monoisotopic (exact) mass is 403 g/mol. The van der Waals surface area contributed by atoms with E-state index in [4.69, 9.17) is 4.74 Å². The van der Waals surface area contributed by atoms with Gasteiger partial charge in [0.1, 0.15) is 17.4 Å². The molecule has 0 aromatic heterocycles. The lowest BCUT2D eigenvalue weighted by Gasteiger charge is -2.31. The number of methoxy groups -OCH3 is 1. The first kappa shape index (κ1) is 20.4. The third kappa shape index (κ3) is 4.77. The fraction of sp³-hybridized carbons (Fsp3) is 0.286. The predicted molar refractivity (Wildman–Crippen MR) is 98.4 cm³/mol. The second-order valence-electron chi connectivity index (χ2n) is 6.63. The summed E-state index contributed by atoms with van der Waals surface area (Å²) < 4.78 is 36.8. The van der Waals surface area contributed by atoms with Gasteiger partial charge in [-0.1, -0.05) is 0 Å². The fourth-order valence-electron chi connectivity index (χ4n) is 3.13. The van der Waals surface area contributed by atoms with E-state index in [1.165, 1.54) is 36.3 Å². The number of amides is 1. The van der Waals surface area contributed by atoms with Gasteiger partial charge in [-0.15, -0.1) is 0 Å². The highest BCUT2D eigenvalue weighted by molar-refractivity contribution is 5.94. The lowest BCUT2D eigenvalue weighted by Crippen LogP contribution is -2.41. The summed E-state index contributed by atoms with van der Waals surface area (Å²) in [6.07, 6.45) is 0.737. The maximum atomic E-state index is 13.8. The Labute approximate surface area is 166 Å². The molecule has 0 N–H and O–H groups in total. The fourth-order valence-corrected chi connectivity index (χ4v) is 3.13. The average Bonchev–Trinajstić information content (AvgIpc) is 2.73. The normalized spacial score (nSPS) is 14.4. The van der Waals surface area contributed by atoms with Crippen LogP contribution in [0.4, 0.5) is 8.78 Å². The molecule has 1 aliphatic heterocycles. The number of rotatable bonds is 4. The number of nitrogens with zero attached hydrogens (tertiary/aromatic N) is 1. The molecule has 152 valence electrons. The third-order valence-corrected chi connectivity index (χ3v) is 4.77. The molecule has 1 aliphatic rings. The van der Waals surface area contributed by atoms with Crippen LogP contribution in [0.25, 0.3) is 0 Å². The highest BCUT2D eigenvalue weighted by atomic mass is 19.1. The number of benzene rings is 2. The van der Waals surface area contributed by atoms with Crippen LogP contribution in [0.5, 0.6) is 5.75 Å². The zero-order valence-electron chi connectivity index (χ0n) is 15.7. The maximum absolute atomic E-state index is 13.8. The van der Waals surface area contributed by atoms with Crippen molar-refractivity contribution in [1.29, 1.82) is 0 Å². The van der Waals surface area contributed by atoms with Gasteiger partial charge in [0.2, 0.25) is 0 Å². The number of ether oxygens (including phenoxy) is 2. The summed E-state index contributed by atoms with van der Waals surface area (Å²) in [6.45, 7) is 0.521. The smallest absolute Gasteiger partial charge is 0.337 e. The van der Waals surface area contributed by atoms with Gasteiger partial charge in [-0.3, -0.25) is 9.59 Å². The largest absolute Gasteiger partial charge is 0.465 e. The first-order valence-electron chi connectivity index (χ1n) is 9.03. The molecular weight excluding hydrogens is 384 g/mol. The van der Waals surface area contributed by atoms with Gasteiger partial charge in [0.05, 0.1) is 24.2 Å². The molecule has 6 nitrogen and oxygen atoms in total. The van der Waals surface area contributed by atoms with E-state index in [-0.39, 0.29) is 18.7 Å². The average molecular weight is 403 g/mol. The van der Waals surface area contributed by atoms with Crippen LogP contribution in [0, 0.1) is 17.6 Å². The molecule has 0 radical (unpaired) electrons. The van der Waals surface area contributed by atoms with Gasteiger partial charge in [0.15, 0.2) is 0 Å². The molecule has 1 amide bonds. The van der Waals surface area contributed by atoms with Crippen molar-refractivity contribution in [3.05, 3.63) is 65.2 Å². The van der Waals surface area contributed by atoms with Crippen molar-refractivity contribution < 1.29 is 32.6 Å². The second-order valence-corrected chi connectivity index (χ2v) is 6.63. The highest BCUT2D eigenvalue weighted by Gasteiger charge is 2.30. The topological polar surface area (TPSA) is 72.9 Å². The van der Waals surface area contributed by atoms with Crippen molar-refractivity contribution in [3.8, 4) is 5.75 Å². The van der Waals surface area contributed by atoms with Gasteiger partial charge in [-0.25, -0.2) is 13.6 Å². The number of likely N-dealkylation sites (tertiary alicyclic amines) is 1. The van der Waals surface area contributed by atoms with Crippen LogP contribution in [0.15, 0.2) is 42.5 Å². The Morgan fingerprint density at radius 2 is 1.66 bits per heavy atom. The van der Waals surface area contributed by atoms with Gasteiger partial charge in [0.25, 0.3) is 5.91 Å². The zero-order chi connectivity index (χ0) is 21.0. The quantitative estimate of drug-likeness (QED) is 0.579. The molecule has 0 spiro atoms. The Kier molecular flexibility index (Phi) is 6.21. The minimum absolute atomic E-state index is 0.196. The molecule has 0 unspecified atom stereocenters. The highest BCUT2D eigenvalue weighted by Crippen LogP contribution is 2.23. The number of esters is 2. The number of carbonyl (C=O) groups excluding carboxylic acids is 3. The van der Waals surface area contributed by atoms with Crippen molar-refractivity contribution in [1.82, 2.24) is 4.90 Å². The summed E-state index contributed by atoms with van der Waals surface area (Å²) >= 11 is 0. The summed E-state index contributed by atoms with van der Waals surface area (Å²) in [4.78, 5) is 37.6. The van der Waals surface area contributed by atoms with Gasteiger partial charge < -0.3 is 14.4 Å². The van der Waals surface area contributed by atoms with Crippen LogP contribution < -0.4 is 4.74 Å². The maximum Gasteiger partial charge on any atom is 0.337 e. The first-order valence-corrected chi connectivity index (χ1v) is 9.03. The Balaban J connectivity index is 1.55. The van der Waals surface area contributed by atoms with Crippen LogP contribution in [-0.2, 0) is 9.53 Å². The molecule has 1 heterocycles. The lowest BCUT2D eigenvalue weighted by molar-refractivity contribution is -0.140. The standard InChI is InChI=1S/C21H19F2NO5/c1-28-20(26)13-2-5-16(6-3-13)29-21(27)14-8-10-24(11-9-14)19(25)17-7-4-15(22)12-18(17)23/h2-7,12,14H,8-11H2,1H3. The molecule has 2 aromatic carbocycles.